The number of nitrogens with one attached hydrogen (secondary N) is 2. The monoisotopic (exact) mass is 1290 g/mol. The number of hydrogen-bond donors (Lipinski definition) is 4. The third-order valence-corrected chi connectivity index (χ3v) is 13.8. The second kappa shape index (κ2) is 42.1. The van der Waals surface area contributed by atoms with Crippen LogP contribution in [0.5, 0.6) is 0 Å². The summed E-state index contributed by atoms with van der Waals surface area (Å²) in [7, 11) is -9.79. The van der Waals surface area contributed by atoms with Gasteiger partial charge in [-0.25, -0.2) is 8.78 Å². The van der Waals surface area contributed by atoms with Crippen molar-refractivity contribution in [3.63, 3.8) is 0 Å². The summed E-state index contributed by atoms with van der Waals surface area (Å²) < 4.78 is 350. The molecule has 0 heterocycles. The van der Waals surface area contributed by atoms with Gasteiger partial charge >= 0.3 is 66.8 Å². The average molecular weight is 1290 g/mol. The molecule has 0 saturated heterocycles. The highest BCUT2D eigenvalue weighted by atomic mass is 32.2. The first kappa shape index (κ1) is 87.0. The van der Waals surface area contributed by atoms with Crippen molar-refractivity contribution >= 4 is 30.4 Å². The summed E-state index contributed by atoms with van der Waals surface area (Å²) in [6.07, 6.45) is -7.96. The Morgan fingerprint density at radius 3 is 0.950 bits per heavy atom. The molecule has 0 fully saturated rings. The van der Waals surface area contributed by atoms with E-state index in [1.165, 1.54) is 44.9 Å². The summed E-state index contributed by atoms with van der Waals surface area (Å²) in [5.41, 5.74) is 0. The molecule has 0 aliphatic heterocycles. The van der Waals surface area contributed by atoms with Crippen LogP contribution >= 0.6 is 0 Å². The Morgan fingerprint density at radius 1 is 0.412 bits per heavy atom. The van der Waals surface area contributed by atoms with Crippen molar-refractivity contribution in [1.82, 2.24) is 10.6 Å². The quantitative estimate of drug-likeness (QED) is 0.0199. The van der Waals surface area contributed by atoms with Crippen molar-refractivity contribution in [2.24, 2.45) is 0 Å². The van der Waals surface area contributed by atoms with E-state index in [2.05, 4.69) is 17.6 Å². The SMILES string of the molecule is CCCCCCCCCCCOS(=O)(=O)CCCCCCCCCCF.CNC.CNC.O=S(=O)(O)C(F)(F)C(F)(F)C(F)(F)C(F)CCCCCC(F)(F)F.O=S(=O)(O)C(F)(F)C(F)(F)C(F)(F)C(F)CCCCCC(F)(F)F. The number of hydrogen-bond acceptors (Lipinski definition) is 9. The van der Waals surface area contributed by atoms with Gasteiger partial charge in [0.25, 0.3) is 10.1 Å². The van der Waals surface area contributed by atoms with E-state index in [4.69, 9.17) is 13.3 Å². The number of halogens is 21. The molecule has 0 spiro atoms. The zero-order valence-electron chi connectivity index (χ0n) is 45.3. The molecule has 0 aliphatic rings. The average Bonchev–Trinajstić information content (AvgIpc) is 3.30. The molecule has 0 aromatic carbocycles. The summed E-state index contributed by atoms with van der Waals surface area (Å²) in [6, 6.07) is 0. The Kier molecular flexibility index (Phi) is 45.7. The van der Waals surface area contributed by atoms with Gasteiger partial charge in [0, 0.05) is 12.8 Å². The van der Waals surface area contributed by atoms with Crippen molar-refractivity contribution in [3.05, 3.63) is 0 Å². The third-order valence-electron chi connectivity index (χ3n) is 10.6. The fourth-order valence-electron chi connectivity index (χ4n) is 6.21. The van der Waals surface area contributed by atoms with Gasteiger partial charge in [-0.2, -0.15) is 104 Å². The van der Waals surface area contributed by atoms with Gasteiger partial charge in [-0.3, -0.25) is 17.7 Å². The lowest BCUT2D eigenvalue weighted by Gasteiger charge is -2.32. The van der Waals surface area contributed by atoms with E-state index in [1.54, 1.807) is 0 Å². The van der Waals surface area contributed by atoms with Gasteiger partial charge in [0.05, 0.1) is 19.0 Å². The third kappa shape index (κ3) is 37.5. The summed E-state index contributed by atoms with van der Waals surface area (Å²) in [6.45, 7) is 2.36. The summed E-state index contributed by atoms with van der Waals surface area (Å²) in [5, 5.41) is -7.83. The molecule has 0 radical (unpaired) electrons. The van der Waals surface area contributed by atoms with Crippen molar-refractivity contribution in [2.45, 2.75) is 239 Å². The van der Waals surface area contributed by atoms with Crippen molar-refractivity contribution in [2.75, 3.05) is 47.2 Å². The van der Waals surface area contributed by atoms with Gasteiger partial charge in [0.15, 0.2) is 12.3 Å². The number of unbranched alkanes of at least 4 members (excludes halogenated alkanes) is 19. The van der Waals surface area contributed by atoms with Crippen molar-refractivity contribution in [1.29, 1.82) is 0 Å². The van der Waals surface area contributed by atoms with Gasteiger partial charge in [0.1, 0.15) is 0 Å². The largest absolute Gasteiger partial charge is 0.438 e. The summed E-state index contributed by atoms with van der Waals surface area (Å²) >= 11 is 0. The highest BCUT2D eigenvalue weighted by Gasteiger charge is 2.80. The number of alkyl halides is 21. The summed E-state index contributed by atoms with van der Waals surface area (Å²) in [4.78, 5) is 0. The minimum Gasteiger partial charge on any atom is -0.323 e. The number of rotatable bonds is 39. The normalized spacial score (nSPS) is 14.1. The predicted molar refractivity (Wildman–Crippen MR) is 261 cm³/mol. The molecular weight excluding hydrogens is 1210 g/mol. The van der Waals surface area contributed by atoms with Gasteiger partial charge in [0.2, 0.25) is 0 Å². The molecule has 4 N–H and O–H groups in total. The molecule has 0 amide bonds. The van der Waals surface area contributed by atoms with Crippen LogP contribution < -0.4 is 10.6 Å². The van der Waals surface area contributed by atoms with E-state index >= 15 is 0 Å². The first-order chi connectivity index (χ1) is 36.2. The first-order valence-electron chi connectivity index (χ1n) is 25.4. The van der Waals surface area contributed by atoms with Crippen LogP contribution in [0.15, 0.2) is 0 Å². The lowest BCUT2D eigenvalue weighted by atomic mass is 10.0. The Hall–Kier alpha value is -1.82. The van der Waals surface area contributed by atoms with Gasteiger partial charge in [-0.15, -0.1) is 0 Å². The molecule has 35 heteroatoms. The van der Waals surface area contributed by atoms with Crippen LogP contribution in [0.25, 0.3) is 0 Å². The van der Waals surface area contributed by atoms with Crippen molar-refractivity contribution < 1.29 is 131 Å². The van der Waals surface area contributed by atoms with E-state index in [-0.39, 0.29) is 12.4 Å². The first-order valence-corrected chi connectivity index (χ1v) is 29.9. The maximum absolute atomic E-state index is 13.2. The fourth-order valence-corrected chi connectivity index (χ4v) is 8.18. The van der Waals surface area contributed by atoms with Crippen LogP contribution in [0.2, 0.25) is 0 Å². The lowest BCUT2D eigenvalue weighted by molar-refractivity contribution is -0.300. The van der Waals surface area contributed by atoms with E-state index in [0.717, 1.165) is 51.4 Å². The molecule has 0 bridgehead atoms. The lowest BCUT2D eigenvalue weighted by Crippen LogP contribution is -2.61. The van der Waals surface area contributed by atoms with E-state index in [1.807, 2.05) is 28.2 Å². The van der Waals surface area contributed by atoms with E-state index < -0.39 is 153 Å². The molecule has 0 aromatic heterocycles. The smallest absolute Gasteiger partial charge is 0.323 e. The second-order valence-electron chi connectivity index (χ2n) is 18.2. The molecule has 2 unspecified atom stereocenters. The topological polar surface area (TPSA) is 176 Å². The van der Waals surface area contributed by atoms with Gasteiger partial charge in [-0.1, -0.05) is 122 Å². The zero-order chi connectivity index (χ0) is 64.0. The maximum Gasteiger partial charge on any atom is 0.438 e. The molecule has 80 heavy (non-hydrogen) atoms. The summed E-state index contributed by atoms with van der Waals surface area (Å²) in [5.74, 6) is -25.8. The molecule has 0 aliphatic carbocycles. The molecular formula is C45H81F21N2O9S3. The van der Waals surface area contributed by atoms with Crippen LogP contribution in [0.1, 0.15) is 180 Å². The molecule has 2 atom stereocenters. The van der Waals surface area contributed by atoms with Crippen LogP contribution in [0.3, 0.4) is 0 Å². The van der Waals surface area contributed by atoms with Crippen molar-refractivity contribution in [3.8, 4) is 0 Å². The highest BCUT2D eigenvalue weighted by Crippen LogP contribution is 2.52. The maximum atomic E-state index is 13.2. The fraction of sp³-hybridized carbons (Fsp3) is 1.00. The Balaban J connectivity index is -0.000000334. The molecule has 11 nitrogen and oxygen atoms in total. The van der Waals surface area contributed by atoms with Crippen LogP contribution in [0.4, 0.5) is 92.2 Å². The minimum atomic E-state index is -6.98. The van der Waals surface area contributed by atoms with Crippen LogP contribution in [-0.2, 0) is 34.5 Å². The van der Waals surface area contributed by atoms with Gasteiger partial charge in [-0.05, 0) is 73.1 Å². The zero-order valence-corrected chi connectivity index (χ0v) is 47.7. The van der Waals surface area contributed by atoms with Gasteiger partial charge < -0.3 is 10.6 Å². The molecule has 0 aromatic rings. The standard InChI is InChI=1S/C21H43FO3S.2C10H12F10O3S.2C2H7N/c1-2-3-4-5-6-8-11-14-17-20-25-26(23,24)21-18-15-12-9-7-10-13-16-19-22;2*11-6(4-2-1-3-5-7(12,13)14)8(15,16)9(17,18)10(19,20)24(21,22)23;2*1-3-2/h2-21H2,1H3;2*6H,1-5H2,(H,21,22,23);2*3H,1-2H3. The van der Waals surface area contributed by atoms with E-state index in [9.17, 15) is 117 Å². The molecule has 0 rings (SSSR count). The second-order valence-corrected chi connectivity index (χ2v) is 22.9. The molecule has 0 saturated carbocycles. The molecule has 490 valence electrons. The minimum absolute atomic E-state index is 0.145. The highest BCUT2D eigenvalue weighted by molar-refractivity contribution is 7.87. The predicted octanol–water partition coefficient (Wildman–Crippen LogP) is 15.8. The van der Waals surface area contributed by atoms with E-state index in [0.29, 0.717) is 19.4 Å². The van der Waals surface area contributed by atoms with Crippen LogP contribution in [-0.4, -0.2) is 140 Å². The Bertz CT molecular complexity index is 1770. The Morgan fingerprint density at radius 2 is 0.675 bits per heavy atom. The van der Waals surface area contributed by atoms with Crippen LogP contribution in [0, 0.1) is 0 Å². The Labute approximate surface area is 457 Å².